The average Bonchev–Trinajstić information content (AvgIpc) is 2.25. The lowest BCUT2D eigenvalue weighted by atomic mass is 10.1. The number of rotatable bonds is 6. The highest BCUT2D eigenvalue weighted by Crippen LogP contribution is 2.08. The van der Waals surface area contributed by atoms with Crippen molar-refractivity contribution in [3.8, 4) is 0 Å². The fraction of sp³-hybridized carbons (Fsp3) is 0.538. The lowest BCUT2D eigenvalue weighted by molar-refractivity contribution is 0.193. The smallest absolute Gasteiger partial charge is 0.0462 e. The normalized spacial score (nSPS) is 10.4. The van der Waals surface area contributed by atoms with E-state index in [1.54, 1.807) is 7.11 Å². The van der Waals surface area contributed by atoms with Gasteiger partial charge in [-0.3, -0.25) is 0 Å². The third kappa shape index (κ3) is 3.93. The fourth-order valence-electron chi connectivity index (χ4n) is 1.52. The second kappa shape index (κ2) is 6.61. The van der Waals surface area contributed by atoms with E-state index in [1.807, 2.05) is 0 Å². The summed E-state index contributed by atoms with van der Waals surface area (Å²) in [6.45, 7) is 3.07. The zero-order valence-corrected chi connectivity index (χ0v) is 9.25. The molecular weight excluding hydrogens is 172 g/mol. The van der Waals surface area contributed by atoms with Crippen molar-refractivity contribution >= 4 is 0 Å². The molecule has 0 saturated carbocycles. The molecule has 0 unspecified atom stereocenters. The van der Waals surface area contributed by atoms with Crippen LogP contribution >= 0.6 is 0 Å². The molecule has 0 aliphatic rings. The van der Waals surface area contributed by atoms with Crippen LogP contribution in [0.1, 0.15) is 30.9 Å². The Balaban J connectivity index is 2.29. The van der Waals surface area contributed by atoms with Crippen LogP contribution in [0.15, 0.2) is 24.3 Å². The van der Waals surface area contributed by atoms with Gasteiger partial charge in [0.2, 0.25) is 0 Å². The molecule has 0 spiro atoms. The van der Waals surface area contributed by atoms with E-state index in [0.29, 0.717) is 0 Å². The molecule has 0 amide bonds. The van der Waals surface area contributed by atoms with E-state index < -0.39 is 0 Å². The van der Waals surface area contributed by atoms with Crippen molar-refractivity contribution in [1.82, 2.24) is 0 Å². The zero-order valence-electron chi connectivity index (χ0n) is 9.25. The summed E-state index contributed by atoms with van der Waals surface area (Å²) in [5.41, 5.74) is 2.86. The van der Waals surface area contributed by atoms with E-state index in [0.717, 1.165) is 19.4 Å². The van der Waals surface area contributed by atoms with Crippen LogP contribution < -0.4 is 0 Å². The van der Waals surface area contributed by atoms with Gasteiger partial charge in [-0.15, -0.1) is 0 Å². The number of ether oxygens (including phenoxy) is 1. The van der Waals surface area contributed by atoms with Gasteiger partial charge in [-0.2, -0.15) is 0 Å². The Morgan fingerprint density at radius 1 is 1.00 bits per heavy atom. The Bertz CT molecular complexity index is 238. The van der Waals surface area contributed by atoms with Gasteiger partial charge in [0, 0.05) is 13.7 Å². The molecule has 0 aromatic heterocycles. The maximum atomic E-state index is 5.02. The molecule has 0 aliphatic carbocycles. The first kappa shape index (κ1) is 11.3. The van der Waals surface area contributed by atoms with Gasteiger partial charge in [0.15, 0.2) is 0 Å². The highest BCUT2D eigenvalue weighted by molar-refractivity contribution is 5.22. The topological polar surface area (TPSA) is 9.23 Å². The van der Waals surface area contributed by atoms with Crippen molar-refractivity contribution in [2.45, 2.75) is 32.6 Å². The standard InChI is InChI=1S/C13H20O/c1-3-12-7-9-13(10-8-12)6-4-5-11-14-2/h7-10H,3-6,11H2,1-2H3. The number of hydrogen-bond acceptors (Lipinski definition) is 1. The molecule has 0 aliphatic heterocycles. The first-order valence-electron chi connectivity index (χ1n) is 5.43. The molecule has 0 bridgehead atoms. The molecule has 78 valence electrons. The monoisotopic (exact) mass is 192 g/mol. The van der Waals surface area contributed by atoms with Gasteiger partial charge < -0.3 is 4.74 Å². The Morgan fingerprint density at radius 2 is 1.64 bits per heavy atom. The van der Waals surface area contributed by atoms with E-state index in [9.17, 15) is 0 Å². The van der Waals surface area contributed by atoms with E-state index in [1.165, 1.54) is 24.0 Å². The summed E-state index contributed by atoms with van der Waals surface area (Å²) < 4.78 is 5.02. The summed E-state index contributed by atoms with van der Waals surface area (Å²) in [7, 11) is 1.76. The lowest BCUT2D eigenvalue weighted by Crippen LogP contribution is -1.91. The molecule has 1 heteroatoms. The minimum absolute atomic E-state index is 0.882. The van der Waals surface area contributed by atoms with Gasteiger partial charge in [0.05, 0.1) is 0 Å². The van der Waals surface area contributed by atoms with E-state index in [4.69, 9.17) is 4.74 Å². The van der Waals surface area contributed by atoms with Crippen molar-refractivity contribution in [3.63, 3.8) is 0 Å². The summed E-state index contributed by atoms with van der Waals surface area (Å²) in [4.78, 5) is 0. The molecule has 1 rings (SSSR count). The predicted octanol–water partition coefficient (Wildman–Crippen LogP) is 3.22. The first-order valence-corrected chi connectivity index (χ1v) is 5.43. The summed E-state index contributed by atoms with van der Waals surface area (Å²) in [6, 6.07) is 8.94. The number of benzene rings is 1. The molecule has 1 nitrogen and oxygen atoms in total. The molecule has 0 heterocycles. The molecule has 0 saturated heterocycles. The van der Waals surface area contributed by atoms with Gasteiger partial charge in [-0.05, 0) is 36.8 Å². The van der Waals surface area contributed by atoms with E-state index in [-0.39, 0.29) is 0 Å². The van der Waals surface area contributed by atoms with Gasteiger partial charge >= 0.3 is 0 Å². The van der Waals surface area contributed by atoms with Crippen molar-refractivity contribution in [2.24, 2.45) is 0 Å². The number of aryl methyl sites for hydroxylation is 2. The maximum absolute atomic E-state index is 5.02. The maximum Gasteiger partial charge on any atom is 0.0462 e. The highest BCUT2D eigenvalue weighted by Gasteiger charge is 1.93. The minimum atomic E-state index is 0.882. The minimum Gasteiger partial charge on any atom is -0.385 e. The molecule has 0 fully saturated rings. The lowest BCUT2D eigenvalue weighted by Gasteiger charge is -2.02. The molecule has 14 heavy (non-hydrogen) atoms. The van der Waals surface area contributed by atoms with E-state index >= 15 is 0 Å². The highest BCUT2D eigenvalue weighted by atomic mass is 16.5. The van der Waals surface area contributed by atoms with Gasteiger partial charge in [-0.1, -0.05) is 31.2 Å². The van der Waals surface area contributed by atoms with Crippen LogP contribution in [0, 0.1) is 0 Å². The average molecular weight is 192 g/mol. The third-order valence-electron chi connectivity index (χ3n) is 2.50. The van der Waals surface area contributed by atoms with Crippen LogP contribution in [0.2, 0.25) is 0 Å². The summed E-state index contributed by atoms with van der Waals surface area (Å²) >= 11 is 0. The number of hydrogen-bond donors (Lipinski definition) is 0. The van der Waals surface area contributed by atoms with Crippen LogP contribution in [0.3, 0.4) is 0 Å². The molecular formula is C13H20O. The van der Waals surface area contributed by atoms with Crippen LogP contribution in [0.5, 0.6) is 0 Å². The number of unbranched alkanes of at least 4 members (excludes halogenated alkanes) is 1. The summed E-state index contributed by atoms with van der Waals surface area (Å²) in [5.74, 6) is 0. The van der Waals surface area contributed by atoms with Gasteiger partial charge in [0.25, 0.3) is 0 Å². The van der Waals surface area contributed by atoms with Crippen LogP contribution in [-0.4, -0.2) is 13.7 Å². The molecule has 1 aromatic rings. The first-order chi connectivity index (χ1) is 6.86. The quantitative estimate of drug-likeness (QED) is 0.629. The van der Waals surface area contributed by atoms with Crippen molar-refractivity contribution in [1.29, 1.82) is 0 Å². The predicted molar refractivity (Wildman–Crippen MR) is 60.6 cm³/mol. The Morgan fingerprint density at radius 3 is 2.21 bits per heavy atom. The largest absolute Gasteiger partial charge is 0.385 e. The molecule has 0 radical (unpaired) electrons. The second-order valence-corrected chi connectivity index (χ2v) is 3.62. The number of methoxy groups -OCH3 is 1. The van der Waals surface area contributed by atoms with Crippen molar-refractivity contribution < 1.29 is 4.74 Å². The van der Waals surface area contributed by atoms with Crippen LogP contribution in [0.25, 0.3) is 0 Å². The second-order valence-electron chi connectivity index (χ2n) is 3.62. The SMILES string of the molecule is CCc1ccc(CCCCOC)cc1. The zero-order chi connectivity index (χ0) is 10.2. The Hall–Kier alpha value is -0.820. The Labute approximate surface area is 87.1 Å². The van der Waals surface area contributed by atoms with Gasteiger partial charge in [0.1, 0.15) is 0 Å². The summed E-state index contributed by atoms with van der Waals surface area (Å²) in [5, 5.41) is 0. The van der Waals surface area contributed by atoms with E-state index in [2.05, 4.69) is 31.2 Å². The third-order valence-corrected chi connectivity index (χ3v) is 2.50. The molecule has 1 aromatic carbocycles. The Kier molecular flexibility index (Phi) is 5.31. The molecule has 0 atom stereocenters. The molecule has 0 N–H and O–H groups in total. The van der Waals surface area contributed by atoms with Gasteiger partial charge in [-0.25, -0.2) is 0 Å². The van der Waals surface area contributed by atoms with Crippen molar-refractivity contribution in [2.75, 3.05) is 13.7 Å². The van der Waals surface area contributed by atoms with Crippen molar-refractivity contribution in [3.05, 3.63) is 35.4 Å². The fourth-order valence-corrected chi connectivity index (χ4v) is 1.52. The summed E-state index contributed by atoms with van der Waals surface area (Å²) in [6.07, 6.45) is 4.68. The van der Waals surface area contributed by atoms with Crippen LogP contribution in [-0.2, 0) is 17.6 Å². The van der Waals surface area contributed by atoms with Crippen LogP contribution in [0.4, 0.5) is 0 Å².